The molecule has 3 rings (SSSR count). The molecule has 118 valence electrons. The van der Waals surface area contributed by atoms with Crippen LogP contribution in [-0.4, -0.2) is 42.3 Å². The second-order valence-corrected chi connectivity index (χ2v) is 5.89. The van der Waals surface area contributed by atoms with Gasteiger partial charge in [-0.25, -0.2) is 9.67 Å². The average Bonchev–Trinajstić information content (AvgIpc) is 3.24. The summed E-state index contributed by atoms with van der Waals surface area (Å²) in [4.78, 5) is 22.9. The van der Waals surface area contributed by atoms with Crippen molar-refractivity contribution >= 4 is 5.91 Å². The molecule has 0 saturated carbocycles. The van der Waals surface area contributed by atoms with E-state index in [1.165, 1.54) is 6.33 Å². The zero-order valence-corrected chi connectivity index (χ0v) is 13.0. The molecule has 1 aliphatic heterocycles. The smallest absolute Gasteiger partial charge is 0.247 e. The maximum atomic E-state index is 12.7. The van der Waals surface area contributed by atoms with Gasteiger partial charge in [0.1, 0.15) is 18.7 Å². The summed E-state index contributed by atoms with van der Waals surface area (Å²) >= 11 is 0. The van der Waals surface area contributed by atoms with E-state index < -0.39 is 0 Å². The Bertz CT molecular complexity index is 636. The van der Waals surface area contributed by atoms with E-state index in [4.69, 9.17) is 4.52 Å². The van der Waals surface area contributed by atoms with Crippen LogP contribution in [0.25, 0.3) is 0 Å². The molecule has 2 atom stereocenters. The number of rotatable bonds is 4. The summed E-state index contributed by atoms with van der Waals surface area (Å²) < 4.78 is 6.84. The Morgan fingerprint density at radius 1 is 1.41 bits per heavy atom. The minimum atomic E-state index is -0.389. The van der Waals surface area contributed by atoms with E-state index in [0.29, 0.717) is 18.3 Å². The number of carbonyl (C=O) groups is 1. The van der Waals surface area contributed by atoms with Crippen LogP contribution >= 0.6 is 0 Å². The lowest BCUT2D eigenvalue weighted by Crippen LogP contribution is -2.36. The fourth-order valence-electron chi connectivity index (χ4n) is 2.69. The third-order valence-electron chi connectivity index (χ3n) is 3.98. The van der Waals surface area contributed by atoms with Crippen LogP contribution in [0.2, 0.25) is 0 Å². The molecule has 2 aromatic heterocycles. The van der Waals surface area contributed by atoms with Crippen LogP contribution in [0.4, 0.5) is 0 Å². The summed E-state index contributed by atoms with van der Waals surface area (Å²) in [6, 6.07) is -0.505. The van der Waals surface area contributed by atoms with Crippen LogP contribution in [0.15, 0.2) is 17.2 Å². The van der Waals surface area contributed by atoms with Crippen molar-refractivity contribution in [1.82, 2.24) is 29.8 Å². The van der Waals surface area contributed by atoms with Crippen molar-refractivity contribution in [3.8, 4) is 0 Å². The molecule has 0 N–H and O–H groups in total. The highest BCUT2D eigenvalue weighted by atomic mass is 16.5. The average molecular weight is 304 g/mol. The first-order valence-corrected chi connectivity index (χ1v) is 7.56. The molecule has 0 unspecified atom stereocenters. The lowest BCUT2D eigenvalue weighted by Gasteiger charge is -2.25. The second kappa shape index (κ2) is 5.86. The highest BCUT2D eigenvalue weighted by Gasteiger charge is 2.36. The molecular weight excluding hydrogens is 284 g/mol. The third kappa shape index (κ3) is 2.60. The maximum Gasteiger partial charge on any atom is 0.247 e. The molecule has 8 nitrogen and oxygen atoms in total. The SMILES string of the molecule is CC(C)c1nc([C@H]2CCCN2C(=O)[C@H](C)n2cncn2)no1. The molecule has 1 fully saturated rings. The Morgan fingerprint density at radius 2 is 2.23 bits per heavy atom. The van der Waals surface area contributed by atoms with Gasteiger partial charge in [0.05, 0.1) is 6.04 Å². The molecular formula is C14H20N6O2. The standard InChI is InChI=1S/C14H20N6O2/c1-9(2)13-17-12(18-22-13)11-5-4-6-19(11)14(21)10(3)20-8-15-7-16-20/h7-11H,4-6H2,1-3H3/t10-,11+/m0/s1. The molecule has 0 spiro atoms. The fourth-order valence-corrected chi connectivity index (χ4v) is 2.69. The lowest BCUT2D eigenvalue weighted by molar-refractivity contribution is -0.135. The lowest BCUT2D eigenvalue weighted by atomic mass is 10.2. The van der Waals surface area contributed by atoms with Crippen molar-refractivity contribution in [3.63, 3.8) is 0 Å². The molecule has 0 bridgehead atoms. The normalized spacial score (nSPS) is 19.8. The molecule has 0 aromatic carbocycles. The Hall–Kier alpha value is -2.25. The number of carbonyl (C=O) groups excluding carboxylic acids is 1. The van der Waals surface area contributed by atoms with Gasteiger partial charge in [-0.3, -0.25) is 4.79 Å². The van der Waals surface area contributed by atoms with E-state index in [1.54, 1.807) is 11.0 Å². The number of aromatic nitrogens is 5. The Balaban J connectivity index is 1.79. The van der Waals surface area contributed by atoms with Gasteiger partial charge in [0, 0.05) is 12.5 Å². The molecule has 3 heterocycles. The minimum Gasteiger partial charge on any atom is -0.339 e. The van der Waals surface area contributed by atoms with Crippen LogP contribution in [0, 0.1) is 0 Å². The predicted molar refractivity (Wildman–Crippen MR) is 76.8 cm³/mol. The Morgan fingerprint density at radius 3 is 2.86 bits per heavy atom. The molecule has 22 heavy (non-hydrogen) atoms. The number of hydrogen-bond acceptors (Lipinski definition) is 6. The van der Waals surface area contributed by atoms with Crippen molar-refractivity contribution in [3.05, 3.63) is 24.4 Å². The summed E-state index contributed by atoms with van der Waals surface area (Å²) in [6.45, 7) is 6.53. The Labute approximate surface area is 128 Å². The summed E-state index contributed by atoms with van der Waals surface area (Å²) in [6.07, 6.45) is 4.77. The second-order valence-electron chi connectivity index (χ2n) is 5.89. The first-order valence-electron chi connectivity index (χ1n) is 7.56. The van der Waals surface area contributed by atoms with E-state index in [9.17, 15) is 4.79 Å². The molecule has 1 aliphatic rings. The summed E-state index contributed by atoms with van der Waals surface area (Å²) in [5.41, 5.74) is 0. The molecule has 8 heteroatoms. The largest absolute Gasteiger partial charge is 0.339 e. The topological polar surface area (TPSA) is 89.9 Å². The van der Waals surface area contributed by atoms with Gasteiger partial charge in [0.15, 0.2) is 5.82 Å². The zero-order valence-electron chi connectivity index (χ0n) is 13.0. The van der Waals surface area contributed by atoms with Crippen LogP contribution in [-0.2, 0) is 4.79 Å². The number of hydrogen-bond donors (Lipinski definition) is 0. The van der Waals surface area contributed by atoms with Gasteiger partial charge in [-0.1, -0.05) is 19.0 Å². The van der Waals surface area contributed by atoms with Crippen molar-refractivity contribution in [2.24, 2.45) is 0 Å². The summed E-state index contributed by atoms with van der Waals surface area (Å²) in [5, 5.41) is 8.10. The maximum absolute atomic E-state index is 12.7. The summed E-state index contributed by atoms with van der Waals surface area (Å²) in [5.74, 6) is 1.39. The van der Waals surface area contributed by atoms with Gasteiger partial charge < -0.3 is 9.42 Å². The molecule has 0 radical (unpaired) electrons. The van der Waals surface area contributed by atoms with Gasteiger partial charge in [0.2, 0.25) is 11.8 Å². The monoisotopic (exact) mass is 304 g/mol. The van der Waals surface area contributed by atoms with E-state index in [0.717, 1.165) is 12.8 Å². The molecule has 0 aliphatic carbocycles. The van der Waals surface area contributed by atoms with E-state index >= 15 is 0 Å². The number of likely N-dealkylation sites (tertiary alicyclic amines) is 1. The van der Waals surface area contributed by atoms with Gasteiger partial charge in [-0.15, -0.1) is 0 Å². The third-order valence-corrected chi connectivity index (χ3v) is 3.98. The van der Waals surface area contributed by atoms with Gasteiger partial charge in [0.25, 0.3) is 0 Å². The van der Waals surface area contributed by atoms with E-state index in [2.05, 4.69) is 20.2 Å². The van der Waals surface area contributed by atoms with Gasteiger partial charge >= 0.3 is 0 Å². The first-order chi connectivity index (χ1) is 10.6. The van der Waals surface area contributed by atoms with Crippen molar-refractivity contribution in [1.29, 1.82) is 0 Å². The summed E-state index contributed by atoms with van der Waals surface area (Å²) in [7, 11) is 0. The van der Waals surface area contributed by atoms with Crippen LogP contribution < -0.4 is 0 Å². The molecule has 2 aromatic rings. The van der Waals surface area contributed by atoms with Gasteiger partial charge in [-0.2, -0.15) is 10.1 Å². The number of nitrogens with zero attached hydrogens (tertiary/aromatic N) is 6. The van der Waals surface area contributed by atoms with Crippen LogP contribution in [0.3, 0.4) is 0 Å². The highest BCUT2D eigenvalue weighted by molar-refractivity contribution is 5.80. The zero-order chi connectivity index (χ0) is 15.7. The molecule has 1 saturated heterocycles. The molecule has 1 amide bonds. The van der Waals surface area contributed by atoms with Crippen molar-refractivity contribution in [2.75, 3.05) is 6.54 Å². The van der Waals surface area contributed by atoms with Crippen LogP contribution in [0.1, 0.15) is 63.3 Å². The van der Waals surface area contributed by atoms with Crippen LogP contribution in [0.5, 0.6) is 0 Å². The quantitative estimate of drug-likeness (QED) is 0.854. The first kappa shape index (κ1) is 14.7. The Kier molecular flexibility index (Phi) is 3.91. The minimum absolute atomic E-state index is 0.00361. The van der Waals surface area contributed by atoms with E-state index in [-0.39, 0.29) is 23.9 Å². The predicted octanol–water partition coefficient (Wildman–Crippen LogP) is 1.71. The fraction of sp³-hybridized carbons (Fsp3) is 0.643. The van der Waals surface area contributed by atoms with Crippen molar-refractivity contribution < 1.29 is 9.32 Å². The number of amides is 1. The van der Waals surface area contributed by atoms with E-state index in [1.807, 2.05) is 25.7 Å². The highest BCUT2D eigenvalue weighted by Crippen LogP contribution is 2.32. The van der Waals surface area contributed by atoms with Gasteiger partial charge in [-0.05, 0) is 19.8 Å². The van der Waals surface area contributed by atoms with Crippen molar-refractivity contribution in [2.45, 2.75) is 51.6 Å².